The third-order valence-corrected chi connectivity index (χ3v) is 3.89. The summed E-state index contributed by atoms with van der Waals surface area (Å²) in [6.07, 6.45) is 1.84. The molecule has 0 fully saturated rings. The highest BCUT2D eigenvalue weighted by atomic mass is 32.1. The second-order valence-corrected chi connectivity index (χ2v) is 5.41. The molecule has 2 aromatic heterocycles. The van der Waals surface area contributed by atoms with Crippen molar-refractivity contribution in [1.82, 2.24) is 15.3 Å². The molecule has 0 unspecified atom stereocenters. The minimum Gasteiger partial charge on any atom is -0.300 e. The Morgan fingerprint density at radius 3 is 2.87 bits per heavy atom. The van der Waals surface area contributed by atoms with Crippen molar-refractivity contribution in [2.24, 2.45) is 0 Å². The van der Waals surface area contributed by atoms with Crippen LogP contribution in [0, 0.1) is 0 Å². The van der Waals surface area contributed by atoms with E-state index in [1.54, 1.807) is 22.7 Å². The summed E-state index contributed by atoms with van der Waals surface area (Å²) in [5.74, 6) is 0. The minimum atomic E-state index is -0.0855. The maximum atomic E-state index is 4.33. The molecule has 0 aliphatic carbocycles. The van der Waals surface area contributed by atoms with Gasteiger partial charge in [0.05, 0.1) is 16.7 Å². The van der Waals surface area contributed by atoms with Crippen LogP contribution in [0.25, 0.3) is 0 Å². The lowest BCUT2D eigenvalue weighted by Crippen LogP contribution is -2.35. The number of hydrogen-bond donors (Lipinski definition) is 1. The van der Waals surface area contributed by atoms with Gasteiger partial charge in [0.1, 0.15) is 5.01 Å². The van der Waals surface area contributed by atoms with Gasteiger partial charge in [-0.25, -0.2) is 9.97 Å². The van der Waals surface area contributed by atoms with Gasteiger partial charge in [0, 0.05) is 23.5 Å². The van der Waals surface area contributed by atoms with Gasteiger partial charge in [-0.2, -0.15) is 0 Å². The van der Waals surface area contributed by atoms with E-state index in [0.29, 0.717) is 0 Å². The summed E-state index contributed by atoms with van der Waals surface area (Å²) in [6.45, 7) is 5.06. The lowest BCUT2D eigenvalue weighted by Gasteiger charge is -2.23. The zero-order valence-electron chi connectivity index (χ0n) is 8.73. The van der Waals surface area contributed by atoms with Gasteiger partial charge >= 0.3 is 0 Å². The van der Waals surface area contributed by atoms with Gasteiger partial charge in [0.2, 0.25) is 0 Å². The first kappa shape index (κ1) is 10.7. The first-order valence-corrected chi connectivity index (χ1v) is 6.53. The summed E-state index contributed by atoms with van der Waals surface area (Å²) in [5.41, 5.74) is 2.86. The molecule has 0 atom stereocenters. The van der Waals surface area contributed by atoms with Gasteiger partial charge in [0.25, 0.3) is 0 Å². The summed E-state index contributed by atoms with van der Waals surface area (Å²) in [6, 6.07) is 0. The van der Waals surface area contributed by atoms with Crippen molar-refractivity contribution in [1.29, 1.82) is 0 Å². The molecule has 80 valence electrons. The van der Waals surface area contributed by atoms with Crippen molar-refractivity contribution >= 4 is 22.7 Å². The molecule has 2 aromatic rings. The number of rotatable bonds is 4. The number of nitrogens with one attached hydrogen (secondary N) is 1. The van der Waals surface area contributed by atoms with E-state index in [4.69, 9.17) is 0 Å². The Bertz CT molecular complexity index is 392. The molecule has 0 spiro atoms. The highest BCUT2D eigenvalue weighted by Gasteiger charge is 2.22. The van der Waals surface area contributed by atoms with Crippen molar-refractivity contribution < 1.29 is 0 Å². The third kappa shape index (κ3) is 2.62. The Balaban J connectivity index is 1.99. The highest BCUT2D eigenvalue weighted by molar-refractivity contribution is 7.09. The van der Waals surface area contributed by atoms with Crippen LogP contribution >= 0.6 is 22.7 Å². The van der Waals surface area contributed by atoms with Gasteiger partial charge in [-0.1, -0.05) is 0 Å². The molecular formula is C10H13N3S2. The van der Waals surface area contributed by atoms with E-state index in [2.05, 4.69) is 34.5 Å². The Kier molecular flexibility index (Phi) is 3.14. The van der Waals surface area contributed by atoms with E-state index >= 15 is 0 Å². The van der Waals surface area contributed by atoms with Crippen LogP contribution in [-0.4, -0.2) is 9.97 Å². The predicted octanol–water partition coefficient (Wildman–Crippen LogP) is 2.62. The van der Waals surface area contributed by atoms with Crippen LogP contribution in [0.15, 0.2) is 22.5 Å². The van der Waals surface area contributed by atoms with Crippen LogP contribution in [0.4, 0.5) is 0 Å². The molecule has 0 saturated heterocycles. The van der Waals surface area contributed by atoms with E-state index in [1.807, 2.05) is 17.1 Å². The van der Waals surface area contributed by atoms with Crippen LogP contribution in [-0.2, 0) is 12.1 Å². The van der Waals surface area contributed by atoms with Crippen molar-refractivity contribution in [2.75, 3.05) is 0 Å². The van der Waals surface area contributed by atoms with E-state index in [0.717, 1.165) is 17.2 Å². The Hall–Kier alpha value is -0.780. The molecule has 0 saturated carbocycles. The molecule has 0 amide bonds. The molecule has 0 bridgehead atoms. The fourth-order valence-corrected chi connectivity index (χ4v) is 2.54. The Morgan fingerprint density at radius 2 is 2.27 bits per heavy atom. The standard InChI is InChI=1S/C10H13N3S2/c1-10(2,9-11-3-4-15-9)13-5-8-6-14-7-12-8/h3-4,6-7,13H,5H2,1-2H3. The fraction of sp³-hybridized carbons (Fsp3) is 0.400. The van der Waals surface area contributed by atoms with Crippen LogP contribution in [0.2, 0.25) is 0 Å². The summed E-state index contributed by atoms with van der Waals surface area (Å²) >= 11 is 3.30. The predicted molar refractivity (Wildman–Crippen MR) is 64.1 cm³/mol. The highest BCUT2D eigenvalue weighted by Crippen LogP contribution is 2.22. The average Bonchev–Trinajstić information content (AvgIpc) is 2.88. The van der Waals surface area contributed by atoms with E-state index in [-0.39, 0.29) is 5.54 Å². The second-order valence-electron chi connectivity index (χ2n) is 3.80. The quantitative estimate of drug-likeness (QED) is 0.891. The Labute approximate surface area is 97.2 Å². The van der Waals surface area contributed by atoms with Gasteiger partial charge in [-0.3, -0.25) is 0 Å². The zero-order valence-corrected chi connectivity index (χ0v) is 10.4. The zero-order chi connectivity index (χ0) is 10.7. The maximum Gasteiger partial charge on any atom is 0.112 e. The van der Waals surface area contributed by atoms with Gasteiger partial charge in [-0.05, 0) is 13.8 Å². The monoisotopic (exact) mass is 239 g/mol. The summed E-state index contributed by atoms with van der Waals surface area (Å²) in [4.78, 5) is 8.57. The molecular weight excluding hydrogens is 226 g/mol. The molecule has 3 nitrogen and oxygen atoms in total. The van der Waals surface area contributed by atoms with Gasteiger partial charge in [-0.15, -0.1) is 22.7 Å². The first-order valence-electron chi connectivity index (χ1n) is 4.70. The number of nitrogens with zero attached hydrogens (tertiary/aromatic N) is 2. The normalized spacial score (nSPS) is 11.9. The lowest BCUT2D eigenvalue weighted by atomic mass is 10.1. The van der Waals surface area contributed by atoms with E-state index < -0.39 is 0 Å². The minimum absolute atomic E-state index is 0.0855. The summed E-state index contributed by atoms with van der Waals surface area (Å²) in [5, 5.41) is 8.63. The fourth-order valence-electron chi connectivity index (χ4n) is 1.24. The Morgan fingerprint density at radius 1 is 1.40 bits per heavy atom. The van der Waals surface area contributed by atoms with Crippen molar-refractivity contribution in [3.05, 3.63) is 33.2 Å². The molecule has 15 heavy (non-hydrogen) atoms. The van der Waals surface area contributed by atoms with Crippen LogP contribution in [0.1, 0.15) is 24.5 Å². The van der Waals surface area contributed by atoms with Gasteiger partial charge in [0.15, 0.2) is 0 Å². The molecule has 0 aliphatic rings. The molecule has 0 aliphatic heterocycles. The van der Waals surface area contributed by atoms with Crippen LogP contribution in [0.3, 0.4) is 0 Å². The smallest absolute Gasteiger partial charge is 0.112 e. The largest absolute Gasteiger partial charge is 0.300 e. The third-order valence-electron chi connectivity index (χ3n) is 2.16. The summed E-state index contributed by atoms with van der Waals surface area (Å²) in [7, 11) is 0. The average molecular weight is 239 g/mol. The van der Waals surface area contributed by atoms with Crippen molar-refractivity contribution in [3.8, 4) is 0 Å². The molecule has 0 radical (unpaired) electrons. The van der Waals surface area contributed by atoms with Crippen molar-refractivity contribution in [2.45, 2.75) is 25.9 Å². The topological polar surface area (TPSA) is 37.8 Å². The number of aromatic nitrogens is 2. The lowest BCUT2D eigenvalue weighted by molar-refractivity contribution is 0.397. The molecule has 1 N–H and O–H groups in total. The van der Waals surface area contributed by atoms with Crippen LogP contribution in [0.5, 0.6) is 0 Å². The van der Waals surface area contributed by atoms with Crippen LogP contribution < -0.4 is 5.32 Å². The molecule has 5 heteroatoms. The SMILES string of the molecule is CC(C)(NCc1cscn1)c1nccs1. The van der Waals surface area contributed by atoms with Crippen molar-refractivity contribution in [3.63, 3.8) is 0 Å². The molecule has 2 rings (SSSR count). The maximum absolute atomic E-state index is 4.33. The summed E-state index contributed by atoms with van der Waals surface area (Å²) < 4.78 is 0. The molecule has 2 heterocycles. The first-order chi connectivity index (χ1) is 7.18. The van der Waals surface area contributed by atoms with E-state index in [9.17, 15) is 0 Å². The second kappa shape index (κ2) is 4.38. The van der Waals surface area contributed by atoms with E-state index in [1.165, 1.54) is 0 Å². The molecule has 0 aromatic carbocycles. The number of hydrogen-bond acceptors (Lipinski definition) is 5. The number of thiazole rings is 2. The van der Waals surface area contributed by atoms with Gasteiger partial charge < -0.3 is 5.32 Å².